The van der Waals surface area contributed by atoms with Crippen molar-refractivity contribution >= 4 is 17.2 Å². The van der Waals surface area contributed by atoms with E-state index < -0.39 is 0 Å². The number of aryl methyl sites for hydroxylation is 3. The summed E-state index contributed by atoms with van der Waals surface area (Å²) in [6.07, 6.45) is 0. The second kappa shape index (κ2) is 7.57. The largest absolute Gasteiger partial charge is 0.378 e. The second-order valence-corrected chi connectivity index (χ2v) is 6.64. The van der Waals surface area contributed by atoms with Gasteiger partial charge in [0, 0.05) is 25.8 Å². The molecule has 3 aromatic rings. The van der Waals surface area contributed by atoms with E-state index in [2.05, 4.69) is 54.8 Å². The molecule has 0 unspecified atom stereocenters. The quantitative estimate of drug-likeness (QED) is 0.545. The van der Waals surface area contributed by atoms with Gasteiger partial charge < -0.3 is 9.42 Å². The van der Waals surface area contributed by atoms with Crippen LogP contribution in [0.5, 0.6) is 0 Å². The molecule has 2 aromatic heterocycles. The fraction of sp³-hybridized carbons (Fsp3) is 0.300. The summed E-state index contributed by atoms with van der Waals surface area (Å²) in [5.41, 5.74) is 8.57. The van der Waals surface area contributed by atoms with E-state index in [-0.39, 0.29) is 0 Å². The minimum atomic E-state index is 0.627. The van der Waals surface area contributed by atoms with Crippen molar-refractivity contribution in [1.29, 1.82) is 0 Å². The minimum Gasteiger partial charge on any atom is -0.378 e. The van der Waals surface area contributed by atoms with Gasteiger partial charge in [-0.2, -0.15) is 5.10 Å². The molecule has 0 amide bonds. The Labute approximate surface area is 159 Å². The first-order valence-corrected chi connectivity index (χ1v) is 8.72. The lowest BCUT2D eigenvalue weighted by molar-refractivity contribution is 0.393. The molecule has 0 aliphatic heterocycles. The third-order valence-electron chi connectivity index (χ3n) is 4.27. The van der Waals surface area contributed by atoms with Crippen molar-refractivity contribution in [3.8, 4) is 11.3 Å². The van der Waals surface area contributed by atoms with Crippen molar-refractivity contribution in [3.63, 3.8) is 0 Å². The van der Waals surface area contributed by atoms with Crippen LogP contribution in [-0.2, 0) is 0 Å². The molecule has 0 bridgehead atoms. The van der Waals surface area contributed by atoms with Gasteiger partial charge in [-0.05, 0) is 45.4 Å². The van der Waals surface area contributed by atoms with Crippen LogP contribution in [0.25, 0.3) is 11.3 Å². The molecule has 0 saturated carbocycles. The first-order valence-electron chi connectivity index (χ1n) is 8.72. The molecule has 0 spiro atoms. The van der Waals surface area contributed by atoms with Gasteiger partial charge in [-0.3, -0.25) is 5.43 Å². The van der Waals surface area contributed by atoms with Gasteiger partial charge in [0.1, 0.15) is 11.6 Å². The summed E-state index contributed by atoms with van der Waals surface area (Å²) >= 11 is 0. The van der Waals surface area contributed by atoms with Crippen molar-refractivity contribution in [2.75, 3.05) is 24.4 Å². The lowest BCUT2D eigenvalue weighted by Gasteiger charge is -2.12. The Morgan fingerprint density at radius 1 is 1.07 bits per heavy atom. The van der Waals surface area contributed by atoms with Gasteiger partial charge in [-0.25, -0.2) is 9.97 Å². The summed E-state index contributed by atoms with van der Waals surface area (Å²) in [6.45, 7) is 7.58. The number of hydrogen-bond donors (Lipinski definition) is 1. The third kappa shape index (κ3) is 4.13. The number of benzene rings is 1. The Morgan fingerprint density at radius 3 is 2.37 bits per heavy atom. The summed E-state index contributed by atoms with van der Waals surface area (Å²) < 4.78 is 5.25. The van der Waals surface area contributed by atoms with Crippen LogP contribution in [0.4, 0.5) is 11.5 Å². The maximum absolute atomic E-state index is 5.25. The van der Waals surface area contributed by atoms with Gasteiger partial charge in [0.15, 0.2) is 5.82 Å². The Hall–Kier alpha value is -3.22. The Balaban J connectivity index is 1.84. The highest BCUT2D eigenvalue weighted by Gasteiger charge is 2.14. The molecule has 7 heteroatoms. The number of anilines is 2. The number of nitrogens with one attached hydrogen (secondary N) is 1. The lowest BCUT2D eigenvalue weighted by Crippen LogP contribution is -2.09. The molecule has 27 heavy (non-hydrogen) atoms. The smallest absolute Gasteiger partial charge is 0.150 e. The fourth-order valence-corrected chi connectivity index (χ4v) is 2.81. The molecule has 0 fully saturated rings. The van der Waals surface area contributed by atoms with Crippen LogP contribution in [0.3, 0.4) is 0 Å². The number of rotatable bonds is 5. The van der Waals surface area contributed by atoms with Crippen LogP contribution in [-0.4, -0.2) is 34.9 Å². The molecule has 0 aliphatic rings. The predicted octanol–water partition coefficient (Wildman–Crippen LogP) is 3.96. The molecular formula is C20H24N6O. The highest BCUT2D eigenvalue weighted by Crippen LogP contribution is 2.26. The fourth-order valence-electron chi connectivity index (χ4n) is 2.81. The standard InChI is InChI=1S/C20H24N6O/c1-12(16-7-9-17(10-8-16)26(5)6)23-24-19-11-18(21-15(4)22-19)20-13(2)25-27-14(20)3/h7-11H,1-6H3,(H,21,22,24). The molecule has 7 nitrogen and oxygen atoms in total. The topological polar surface area (TPSA) is 79.4 Å². The highest BCUT2D eigenvalue weighted by molar-refractivity contribution is 5.99. The molecule has 0 atom stereocenters. The molecule has 0 saturated heterocycles. The molecule has 0 radical (unpaired) electrons. The van der Waals surface area contributed by atoms with E-state index in [1.807, 2.05) is 47.9 Å². The van der Waals surface area contributed by atoms with Crippen LogP contribution >= 0.6 is 0 Å². The van der Waals surface area contributed by atoms with Gasteiger partial charge >= 0.3 is 0 Å². The average molecular weight is 364 g/mol. The van der Waals surface area contributed by atoms with E-state index >= 15 is 0 Å². The number of aromatic nitrogens is 3. The van der Waals surface area contributed by atoms with Crippen molar-refractivity contribution in [2.24, 2.45) is 5.10 Å². The monoisotopic (exact) mass is 364 g/mol. The van der Waals surface area contributed by atoms with Crippen molar-refractivity contribution in [1.82, 2.24) is 15.1 Å². The molecular weight excluding hydrogens is 340 g/mol. The zero-order valence-corrected chi connectivity index (χ0v) is 16.5. The normalized spacial score (nSPS) is 11.6. The van der Waals surface area contributed by atoms with Crippen LogP contribution < -0.4 is 10.3 Å². The van der Waals surface area contributed by atoms with Crippen molar-refractivity contribution in [2.45, 2.75) is 27.7 Å². The van der Waals surface area contributed by atoms with Crippen molar-refractivity contribution < 1.29 is 4.52 Å². The summed E-state index contributed by atoms with van der Waals surface area (Å²) in [5, 5.41) is 8.47. The van der Waals surface area contributed by atoms with Gasteiger partial charge in [0.2, 0.25) is 0 Å². The third-order valence-corrected chi connectivity index (χ3v) is 4.27. The van der Waals surface area contributed by atoms with Gasteiger partial charge in [-0.1, -0.05) is 17.3 Å². The molecule has 0 aliphatic carbocycles. The van der Waals surface area contributed by atoms with E-state index in [4.69, 9.17) is 4.52 Å². The zero-order chi connectivity index (χ0) is 19.6. The highest BCUT2D eigenvalue weighted by atomic mass is 16.5. The van der Waals surface area contributed by atoms with Gasteiger partial charge in [-0.15, -0.1) is 0 Å². The molecule has 3 rings (SSSR count). The number of hydrazone groups is 1. The number of nitrogens with zero attached hydrogens (tertiary/aromatic N) is 5. The van der Waals surface area contributed by atoms with Gasteiger partial charge in [0.25, 0.3) is 0 Å². The van der Waals surface area contributed by atoms with Crippen molar-refractivity contribution in [3.05, 3.63) is 53.2 Å². The number of hydrogen-bond acceptors (Lipinski definition) is 7. The first kappa shape index (κ1) is 18.6. The average Bonchev–Trinajstić information content (AvgIpc) is 2.97. The SMILES string of the molecule is CC(=NNc1cc(-c2c(C)noc2C)nc(C)n1)c1ccc(N(C)C)cc1. The molecule has 140 valence electrons. The van der Waals surface area contributed by atoms with E-state index in [1.165, 1.54) is 0 Å². The minimum absolute atomic E-state index is 0.627. The van der Waals surface area contributed by atoms with E-state index in [9.17, 15) is 0 Å². The van der Waals surface area contributed by atoms with Crippen LogP contribution in [0, 0.1) is 20.8 Å². The zero-order valence-electron chi connectivity index (χ0n) is 16.5. The molecule has 2 heterocycles. The van der Waals surface area contributed by atoms with E-state index in [0.29, 0.717) is 11.6 Å². The summed E-state index contributed by atoms with van der Waals surface area (Å²) in [7, 11) is 4.04. The van der Waals surface area contributed by atoms with Crippen LogP contribution in [0.1, 0.15) is 29.8 Å². The van der Waals surface area contributed by atoms with Crippen LogP contribution in [0.15, 0.2) is 40.0 Å². The maximum atomic E-state index is 5.25. The Bertz CT molecular complexity index is 953. The first-order chi connectivity index (χ1) is 12.8. The van der Waals surface area contributed by atoms with E-state index in [1.54, 1.807) is 0 Å². The Morgan fingerprint density at radius 2 is 1.78 bits per heavy atom. The van der Waals surface area contributed by atoms with Gasteiger partial charge in [0.05, 0.1) is 22.7 Å². The lowest BCUT2D eigenvalue weighted by atomic mass is 10.1. The molecule has 1 N–H and O–H groups in total. The second-order valence-electron chi connectivity index (χ2n) is 6.64. The molecule has 1 aromatic carbocycles. The predicted molar refractivity (Wildman–Crippen MR) is 108 cm³/mol. The summed E-state index contributed by atoms with van der Waals surface area (Å²) in [4.78, 5) is 11.0. The maximum Gasteiger partial charge on any atom is 0.150 e. The van der Waals surface area contributed by atoms with E-state index in [0.717, 1.165) is 39.7 Å². The summed E-state index contributed by atoms with van der Waals surface area (Å²) in [6, 6.07) is 10.1. The van der Waals surface area contributed by atoms with Crippen LogP contribution in [0.2, 0.25) is 0 Å². The Kier molecular flexibility index (Phi) is 5.21. The summed E-state index contributed by atoms with van der Waals surface area (Å²) in [5.74, 6) is 2.01.